The Morgan fingerprint density at radius 2 is 1.67 bits per heavy atom. The van der Waals surface area contributed by atoms with Crippen molar-refractivity contribution >= 4 is 5.91 Å². The second-order valence-electron chi connectivity index (χ2n) is 5.56. The molecule has 1 fully saturated rings. The Morgan fingerprint density at radius 1 is 1.10 bits per heavy atom. The first-order valence-electron chi connectivity index (χ1n) is 7.12. The molecule has 5 nitrogen and oxygen atoms in total. The summed E-state index contributed by atoms with van der Waals surface area (Å²) < 4.78 is 15.9. The second-order valence-corrected chi connectivity index (χ2v) is 5.56. The van der Waals surface area contributed by atoms with E-state index in [9.17, 15) is 4.79 Å². The number of rotatable bonds is 4. The number of benzene rings is 1. The van der Waals surface area contributed by atoms with Crippen LogP contribution in [0.3, 0.4) is 0 Å². The molecule has 0 N–H and O–H groups in total. The van der Waals surface area contributed by atoms with Crippen LogP contribution in [0, 0.1) is 5.92 Å². The predicted molar refractivity (Wildman–Crippen MR) is 80.4 cm³/mol. The van der Waals surface area contributed by atoms with Gasteiger partial charge in [0.25, 0.3) is 5.91 Å². The molecule has 1 amide bonds. The molecule has 1 aromatic rings. The standard InChI is InChI=1S/C16H23NO4/c1-10-6-11(2)17(9-10)16(18)12-7-13(19-3)15(21-5)14(8-12)20-4/h7-8,10-11H,6,9H2,1-5H3/t10-,11-/m0/s1. The van der Waals surface area contributed by atoms with Crippen LogP contribution in [-0.4, -0.2) is 44.7 Å². The van der Waals surface area contributed by atoms with Crippen LogP contribution >= 0.6 is 0 Å². The van der Waals surface area contributed by atoms with Gasteiger partial charge in [-0.3, -0.25) is 4.79 Å². The number of hydrogen-bond donors (Lipinski definition) is 0. The zero-order valence-electron chi connectivity index (χ0n) is 13.3. The monoisotopic (exact) mass is 293 g/mol. The lowest BCUT2D eigenvalue weighted by Crippen LogP contribution is -2.34. The maximum absolute atomic E-state index is 12.7. The van der Waals surface area contributed by atoms with E-state index >= 15 is 0 Å². The van der Waals surface area contributed by atoms with Gasteiger partial charge in [0.15, 0.2) is 11.5 Å². The molecule has 0 spiro atoms. The van der Waals surface area contributed by atoms with E-state index in [1.165, 1.54) is 0 Å². The second kappa shape index (κ2) is 6.24. The smallest absolute Gasteiger partial charge is 0.254 e. The predicted octanol–water partition coefficient (Wildman–Crippen LogP) is 2.58. The van der Waals surface area contributed by atoms with Crippen molar-refractivity contribution < 1.29 is 19.0 Å². The van der Waals surface area contributed by atoms with E-state index in [1.54, 1.807) is 33.5 Å². The summed E-state index contributed by atoms with van der Waals surface area (Å²) in [6, 6.07) is 3.67. The number of carbonyl (C=O) groups is 1. The van der Waals surface area contributed by atoms with E-state index in [4.69, 9.17) is 14.2 Å². The van der Waals surface area contributed by atoms with Crippen LogP contribution in [0.25, 0.3) is 0 Å². The van der Waals surface area contributed by atoms with E-state index < -0.39 is 0 Å². The quantitative estimate of drug-likeness (QED) is 0.856. The molecule has 0 aliphatic carbocycles. The summed E-state index contributed by atoms with van der Waals surface area (Å²) in [6.07, 6.45) is 1.04. The van der Waals surface area contributed by atoms with E-state index in [2.05, 4.69) is 13.8 Å². The fourth-order valence-corrected chi connectivity index (χ4v) is 2.95. The Morgan fingerprint density at radius 3 is 2.05 bits per heavy atom. The molecular weight excluding hydrogens is 270 g/mol. The molecule has 116 valence electrons. The van der Waals surface area contributed by atoms with Gasteiger partial charge in [0, 0.05) is 18.2 Å². The van der Waals surface area contributed by atoms with Crippen LogP contribution in [0.5, 0.6) is 17.2 Å². The van der Waals surface area contributed by atoms with E-state index in [0.717, 1.165) is 13.0 Å². The first-order valence-corrected chi connectivity index (χ1v) is 7.12. The van der Waals surface area contributed by atoms with Crippen molar-refractivity contribution in [2.24, 2.45) is 5.92 Å². The molecule has 0 aromatic heterocycles. The SMILES string of the molecule is COc1cc(C(=O)N2C[C@@H](C)C[C@@H]2C)cc(OC)c1OC. The first-order chi connectivity index (χ1) is 10.0. The summed E-state index contributed by atoms with van der Waals surface area (Å²) in [5.41, 5.74) is 0.561. The minimum Gasteiger partial charge on any atom is -0.493 e. The Kier molecular flexibility index (Phi) is 4.60. The highest BCUT2D eigenvalue weighted by Crippen LogP contribution is 2.39. The molecule has 1 aliphatic rings. The number of likely N-dealkylation sites (tertiary alicyclic amines) is 1. The number of nitrogens with zero attached hydrogens (tertiary/aromatic N) is 1. The van der Waals surface area contributed by atoms with Crippen molar-refractivity contribution in [2.75, 3.05) is 27.9 Å². The maximum Gasteiger partial charge on any atom is 0.254 e. The van der Waals surface area contributed by atoms with Gasteiger partial charge < -0.3 is 19.1 Å². The lowest BCUT2D eigenvalue weighted by atomic mass is 10.1. The Balaban J connectivity index is 2.37. The summed E-state index contributed by atoms with van der Waals surface area (Å²) in [5, 5.41) is 0. The fraction of sp³-hybridized carbons (Fsp3) is 0.562. The van der Waals surface area contributed by atoms with Gasteiger partial charge in [0.1, 0.15) is 0 Å². The van der Waals surface area contributed by atoms with Gasteiger partial charge in [-0.25, -0.2) is 0 Å². The third-order valence-corrected chi connectivity index (χ3v) is 3.96. The lowest BCUT2D eigenvalue weighted by molar-refractivity contribution is 0.0743. The largest absolute Gasteiger partial charge is 0.493 e. The number of ether oxygens (including phenoxy) is 3. The van der Waals surface area contributed by atoms with Crippen molar-refractivity contribution in [1.82, 2.24) is 4.90 Å². The normalized spacial score (nSPS) is 21.3. The van der Waals surface area contributed by atoms with Gasteiger partial charge in [-0.15, -0.1) is 0 Å². The van der Waals surface area contributed by atoms with Crippen LogP contribution < -0.4 is 14.2 Å². The molecule has 21 heavy (non-hydrogen) atoms. The van der Waals surface area contributed by atoms with E-state index in [1.807, 2.05) is 4.90 Å². The Bertz CT molecular complexity index is 504. The maximum atomic E-state index is 12.7. The summed E-state index contributed by atoms with van der Waals surface area (Å²) in [4.78, 5) is 14.6. The Labute approximate surface area is 125 Å². The van der Waals surface area contributed by atoms with Gasteiger partial charge in [-0.05, 0) is 31.4 Å². The van der Waals surface area contributed by atoms with E-state index in [0.29, 0.717) is 28.7 Å². The van der Waals surface area contributed by atoms with Gasteiger partial charge in [-0.2, -0.15) is 0 Å². The van der Waals surface area contributed by atoms with Crippen molar-refractivity contribution in [2.45, 2.75) is 26.3 Å². The van der Waals surface area contributed by atoms with Crippen molar-refractivity contribution in [3.05, 3.63) is 17.7 Å². The zero-order valence-corrected chi connectivity index (χ0v) is 13.3. The molecule has 1 aliphatic heterocycles. The summed E-state index contributed by atoms with van der Waals surface area (Å²) in [5.74, 6) is 2.04. The molecule has 0 radical (unpaired) electrons. The first kappa shape index (κ1) is 15.5. The zero-order chi connectivity index (χ0) is 15.6. The Hall–Kier alpha value is -1.91. The van der Waals surface area contributed by atoms with Gasteiger partial charge in [0.2, 0.25) is 5.75 Å². The third kappa shape index (κ3) is 2.91. The third-order valence-electron chi connectivity index (χ3n) is 3.96. The van der Waals surface area contributed by atoms with Crippen LogP contribution in [0.1, 0.15) is 30.6 Å². The van der Waals surface area contributed by atoms with Crippen LogP contribution in [0.15, 0.2) is 12.1 Å². The number of methoxy groups -OCH3 is 3. The summed E-state index contributed by atoms with van der Waals surface area (Å²) >= 11 is 0. The van der Waals surface area contributed by atoms with Crippen molar-refractivity contribution in [3.8, 4) is 17.2 Å². The average molecular weight is 293 g/mol. The molecule has 5 heteroatoms. The molecule has 0 bridgehead atoms. The topological polar surface area (TPSA) is 48.0 Å². The average Bonchev–Trinajstić information content (AvgIpc) is 2.83. The van der Waals surface area contributed by atoms with Gasteiger partial charge in [-0.1, -0.05) is 6.92 Å². The van der Waals surface area contributed by atoms with Gasteiger partial charge >= 0.3 is 0 Å². The fourth-order valence-electron chi connectivity index (χ4n) is 2.95. The van der Waals surface area contributed by atoms with Crippen LogP contribution in [0.2, 0.25) is 0 Å². The highest BCUT2D eigenvalue weighted by Gasteiger charge is 2.31. The molecule has 1 saturated heterocycles. The molecule has 1 aromatic carbocycles. The number of carbonyl (C=O) groups excluding carboxylic acids is 1. The molecule has 2 atom stereocenters. The highest BCUT2D eigenvalue weighted by molar-refractivity contribution is 5.96. The lowest BCUT2D eigenvalue weighted by Gasteiger charge is -2.22. The van der Waals surface area contributed by atoms with Crippen LogP contribution in [0.4, 0.5) is 0 Å². The van der Waals surface area contributed by atoms with Gasteiger partial charge in [0.05, 0.1) is 21.3 Å². The highest BCUT2D eigenvalue weighted by atomic mass is 16.5. The number of hydrogen-bond acceptors (Lipinski definition) is 4. The number of amides is 1. The minimum absolute atomic E-state index is 0.00565. The summed E-state index contributed by atoms with van der Waals surface area (Å²) in [7, 11) is 4.64. The molecule has 1 heterocycles. The van der Waals surface area contributed by atoms with Crippen LogP contribution in [-0.2, 0) is 0 Å². The van der Waals surface area contributed by atoms with Crippen molar-refractivity contribution in [1.29, 1.82) is 0 Å². The summed E-state index contributed by atoms with van der Waals surface area (Å²) in [6.45, 7) is 5.04. The molecule has 2 rings (SSSR count). The minimum atomic E-state index is 0.00565. The van der Waals surface area contributed by atoms with E-state index in [-0.39, 0.29) is 11.9 Å². The molecule has 0 unspecified atom stereocenters. The molecule has 0 saturated carbocycles. The molecular formula is C16H23NO4. The van der Waals surface area contributed by atoms with Crippen molar-refractivity contribution in [3.63, 3.8) is 0 Å².